The van der Waals surface area contributed by atoms with Crippen LogP contribution in [0.4, 0.5) is 8.78 Å². The minimum absolute atomic E-state index is 0.137. The number of hydrogen-bond donors (Lipinski definition) is 1. The average Bonchev–Trinajstić information content (AvgIpc) is 2.17. The summed E-state index contributed by atoms with van der Waals surface area (Å²) in [5, 5.41) is 8.67. The Morgan fingerprint density at radius 3 is 2.25 bits per heavy atom. The van der Waals surface area contributed by atoms with E-state index in [1.807, 2.05) is 0 Å². The fraction of sp³-hybridized carbons (Fsp3) is 0.364. The number of aliphatic carboxylic acids is 1. The summed E-state index contributed by atoms with van der Waals surface area (Å²) in [5.41, 5.74) is -2.68. The van der Waals surface area contributed by atoms with Crippen LogP contribution >= 0.6 is 11.6 Å². The van der Waals surface area contributed by atoms with Crippen LogP contribution in [0.15, 0.2) is 24.3 Å². The van der Waals surface area contributed by atoms with E-state index in [2.05, 4.69) is 0 Å². The topological polar surface area (TPSA) is 37.3 Å². The third-order valence-electron chi connectivity index (χ3n) is 2.53. The summed E-state index contributed by atoms with van der Waals surface area (Å²) in [7, 11) is 0. The Kier molecular flexibility index (Phi) is 3.24. The first-order valence-electron chi connectivity index (χ1n) is 4.57. The van der Waals surface area contributed by atoms with Crippen LogP contribution in [-0.2, 0) is 10.7 Å². The average molecular weight is 249 g/mol. The SMILES string of the molecule is CC(C)(C(=O)O)C(F)(F)c1ccccc1Cl. The van der Waals surface area contributed by atoms with Crippen LogP contribution in [0.25, 0.3) is 0 Å². The lowest BCUT2D eigenvalue weighted by Gasteiger charge is -2.30. The molecular formula is C11H11ClF2O2. The first-order valence-corrected chi connectivity index (χ1v) is 4.95. The fourth-order valence-corrected chi connectivity index (χ4v) is 1.44. The van der Waals surface area contributed by atoms with E-state index in [4.69, 9.17) is 16.7 Å². The molecule has 5 heteroatoms. The Labute approximate surface area is 96.8 Å². The zero-order valence-corrected chi connectivity index (χ0v) is 9.55. The highest BCUT2D eigenvalue weighted by atomic mass is 35.5. The quantitative estimate of drug-likeness (QED) is 0.888. The van der Waals surface area contributed by atoms with Gasteiger partial charge >= 0.3 is 5.97 Å². The van der Waals surface area contributed by atoms with Gasteiger partial charge in [-0.2, -0.15) is 0 Å². The van der Waals surface area contributed by atoms with Gasteiger partial charge in [0, 0.05) is 10.6 Å². The van der Waals surface area contributed by atoms with Crippen molar-refractivity contribution in [2.24, 2.45) is 5.41 Å². The molecule has 0 unspecified atom stereocenters. The maximum Gasteiger partial charge on any atom is 0.315 e. The van der Waals surface area contributed by atoms with Crippen molar-refractivity contribution in [2.45, 2.75) is 19.8 Å². The number of halogens is 3. The van der Waals surface area contributed by atoms with Crippen LogP contribution < -0.4 is 0 Å². The van der Waals surface area contributed by atoms with Crippen molar-refractivity contribution in [3.63, 3.8) is 0 Å². The van der Waals surface area contributed by atoms with Crippen LogP contribution in [0.5, 0.6) is 0 Å². The standard InChI is InChI=1S/C11H11ClF2O2/c1-10(2,9(15)16)11(13,14)7-5-3-4-6-8(7)12/h3-6H,1-2H3,(H,15,16). The molecule has 0 aromatic heterocycles. The van der Waals surface area contributed by atoms with Crippen LogP contribution in [-0.4, -0.2) is 11.1 Å². The highest BCUT2D eigenvalue weighted by Crippen LogP contribution is 2.47. The number of benzene rings is 1. The third kappa shape index (κ3) is 1.89. The van der Waals surface area contributed by atoms with Crippen LogP contribution in [0.1, 0.15) is 19.4 Å². The van der Waals surface area contributed by atoms with E-state index >= 15 is 0 Å². The van der Waals surface area contributed by atoms with E-state index in [1.54, 1.807) is 0 Å². The molecule has 1 aromatic rings. The molecule has 1 rings (SSSR count). The zero-order valence-electron chi connectivity index (χ0n) is 8.80. The second-order valence-electron chi connectivity index (χ2n) is 3.98. The van der Waals surface area contributed by atoms with E-state index < -0.39 is 22.9 Å². The lowest BCUT2D eigenvalue weighted by atomic mass is 9.81. The first-order chi connectivity index (χ1) is 7.21. The monoisotopic (exact) mass is 248 g/mol. The van der Waals surface area contributed by atoms with E-state index in [9.17, 15) is 13.6 Å². The Bertz CT molecular complexity index is 416. The number of rotatable bonds is 3. The molecule has 88 valence electrons. The van der Waals surface area contributed by atoms with Gasteiger partial charge in [0.25, 0.3) is 5.92 Å². The number of carboxylic acids is 1. The molecule has 0 radical (unpaired) electrons. The zero-order chi connectivity index (χ0) is 12.6. The van der Waals surface area contributed by atoms with E-state index in [-0.39, 0.29) is 5.02 Å². The highest BCUT2D eigenvalue weighted by molar-refractivity contribution is 6.31. The molecular weight excluding hydrogens is 238 g/mol. The van der Waals surface area contributed by atoms with E-state index in [0.717, 1.165) is 19.9 Å². The molecule has 0 spiro atoms. The molecule has 0 aliphatic heterocycles. The lowest BCUT2D eigenvalue weighted by molar-refractivity contribution is -0.175. The molecule has 0 atom stereocenters. The van der Waals surface area contributed by atoms with E-state index in [0.29, 0.717) is 0 Å². The summed E-state index contributed by atoms with van der Waals surface area (Å²) in [6.45, 7) is 1.94. The maximum atomic E-state index is 14.0. The number of carboxylic acid groups (broad SMARTS) is 1. The van der Waals surface area contributed by atoms with Crippen molar-refractivity contribution in [1.29, 1.82) is 0 Å². The first kappa shape index (κ1) is 12.9. The minimum Gasteiger partial charge on any atom is -0.481 e. The van der Waals surface area contributed by atoms with Gasteiger partial charge < -0.3 is 5.11 Å². The van der Waals surface area contributed by atoms with Gasteiger partial charge in [0.1, 0.15) is 5.41 Å². The van der Waals surface area contributed by atoms with Crippen molar-refractivity contribution in [3.8, 4) is 0 Å². The molecule has 0 aliphatic rings. The second-order valence-corrected chi connectivity index (χ2v) is 4.39. The summed E-state index contributed by atoms with van der Waals surface area (Å²) >= 11 is 5.65. The predicted molar refractivity (Wildman–Crippen MR) is 56.8 cm³/mol. The molecule has 1 aromatic carbocycles. The lowest BCUT2D eigenvalue weighted by Crippen LogP contribution is -2.41. The molecule has 0 amide bonds. The Morgan fingerprint density at radius 1 is 1.31 bits per heavy atom. The summed E-state index contributed by atoms with van der Waals surface area (Å²) in [6, 6.07) is 5.35. The molecule has 0 fully saturated rings. The summed E-state index contributed by atoms with van der Waals surface area (Å²) < 4.78 is 28.0. The molecule has 0 aliphatic carbocycles. The summed E-state index contributed by atoms with van der Waals surface area (Å²) in [4.78, 5) is 10.8. The fourth-order valence-electron chi connectivity index (χ4n) is 1.19. The smallest absolute Gasteiger partial charge is 0.315 e. The van der Waals surface area contributed by atoms with Gasteiger partial charge in [-0.1, -0.05) is 29.8 Å². The molecule has 0 heterocycles. The van der Waals surface area contributed by atoms with Crippen molar-refractivity contribution in [1.82, 2.24) is 0 Å². The maximum absolute atomic E-state index is 14.0. The van der Waals surface area contributed by atoms with E-state index in [1.165, 1.54) is 18.2 Å². The Hall–Kier alpha value is -1.16. The third-order valence-corrected chi connectivity index (χ3v) is 2.86. The largest absolute Gasteiger partial charge is 0.481 e. The highest BCUT2D eigenvalue weighted by Gasteiger charge is 2.54. The number of alkyl halides is 2. The van der Waals surface area contributed by atoms with Crippen molar-refractivity contribution < 1.29 is 18.7 Å². The van der Waals surface area contributed by atoms with Crippen LogP contribution in [0.2, 0.25) is 5.02 Å². The molecule has 0 saturated carbocycles. The number of hydrogen-bond acceptors (Lipinski definition) is 1. The molecule has 2 nitrogen and oxygen atoms in total. The molecule has 1 N–H and O–H groups in total. The van der Waals surface area contributed by atoms with Gasteiger partial charge in [0.05, 0.1) is 0 Å². The van der Waals surface area contributed by atoms with Gasteiger partial charge in [0.2, 0.25) is 0 Å². The molecule has 0 bridgehead atoms. The van der Waals surface area contributed by atoms with Crippen molar-refractivity contribution in [3.05, 3.63) is 34.9 Å². The van der Waals surface area contributed by atoms with Gasteiger partial charge in [-0.3, -0.25) is 4.79 Å². The minimum atomic E-state index is -3.53. The Morgan fingerprint density at radius 2 is 1.81 bits per heavy atom. The molecule has 0 saturated heterocycles. The molecule has 16 heavy (non-hydrogen) atoms. The van der Waals surface area contributed by atoms with Gasteiger partial charge in [0.15, 0.2) is 0 Å². The normalized spacial score (nSPS) is 12.6. The van der Waals surface area contributed by atoms with Crippen molar-refractivity contribution in [2.75, 3.05) is 0 Å². The van der Waals surface area contributed by atoms with Gasteiger partial charge in [-0.25, -0.2) is 8.78 Å². The van der Waals surface area contributed by atoms with Crippen LogP contribution in [0, 0.1) is 5.41 Å². The summed E-state index contributed by atoms with van der Waals surface area (Å²) in [5.74, 6) is -5.10. The second kappa shape index (κ2) is 4.01. The predicted octanol–water partition coefficient (Wildman–Crippen LogP) is 3.54. The van der Waals surface area contributed by atoms with Gasteiger partial charge in [-0.05, 0) is 19.9 Å². The van der Waals surface area contributed by atoms with Gasteiger partial charge in [-0.15, -0.1) is 0 Å². The number of carbonyl (C=O) groups is 1. The van der Waals surface area contributed by atoms with Crippen LogP contribution in [0.3, 0.4) is 0 Å². The van der Waals surface area contributed by atoms with Crippen molar-refractivity contribution >= 4 is 17.6 Å². The Balaban J connectivity index is 3.32. The summed E-state index contributed by atoms with van der Waals surface area (Å²) in [6.07, 6.45) is 0.